The van der Waals surface area contributed by atoms with Gasteiger partial charge in [-0.05, 0) is 31.2 Å². The number of nitrogens with one attached hydrogen (secondary N) is 2. The summed E-state index contributed by atoms with van der Waals surface area (Å²) < 4.78 is 11.3. The van der Waals surface area contributed by atoms with Gasteiger partial charge in [0.05, 0.1) is 31.0 Å². The number of aliphatic carboxylic acids is 1. The van der Waals surface area contributed by atoms with Crippen LogP contribution in [0.15, 0.2) is 42.6 Å². The van der Waals surface area contributed by atoms with Crippen molar-refractivity contribution in [2.45, 2.75) is 13.0 Å². The molecule has 1 atom stereocenters. The Morgan fingerprint density at radius 2 is 2.03 bits per heavy atom. The number of aromatic nitrogens is 1. The summed E-state index contributed by atoms with van der Waals surface area (Å²) in [4.78, 5) is 42.2. The van der Waals surface area contributed by atoms with Crippen molar-refractivity contribution >= 4 is 29.3 Å². The van der Waals surface area contributed by atoms with Gasteiger partial charge in [0.25, 0.3) is 5.91 Å². The minimum Gasteiger partial charge on any atom is -0.489 e. The molecule has 2 heterocycles. The van der Waals surface area contributed by atoms with Gasteiger partial charge in [-0.15, -0.1) is 0 Å². The molecule has 0 bridgehead atoms. The van der Waals surface area contributed by atoms with Crippen LogP contribution in [0.25, 0.3) is 0 Å². The summed E-state index contributed by atoms with van der Waals surface area (Å²) in [5, 5.41) is 14.5. The maximum absolute atomic E-state index is 13.3. The quantitative estimate of drug-likeness (QED) is 0.664. The largest absolute Gasteiger partial charge is 0.489 e. The Balaban J connectivity index is 1.88. The zero-order valence-electron chi connectivity index (χ0n) is 17.0. The van der Waals surface area contributed by atoms with E-state index >= 15 is 0 Å². The van der Waals surface area contributed by atoms with Crippen molar-refractivity contribution in [3.63, 3.8) is 0 Å². The number of carboxylic acid groups (broad SMARTS) is 1. The number of fused-ring (bicyclic) bond motifs is 2. The van der Waals surface area contributed by atoms with Gasteiger partial charge in [0.2, 0.25) is 5.91 Å². The predicted octanol–water partition coefficient (Wildman–Crippen LogP) is 1.27. The van der Waals surface area contributed by atoms with Crippen molar-refractivity contribution in [1.82, 2.24) is 15.2 Å². The van der Waals surface area contributed by atoms with Crippen LogP contribution >= 0.6 is 0 Å². The van der Waals surface area contributed by atoms with Crippen LogP contribution in [-0.4, -0.2) is 71.7 Å². The fraction of sp³-hybridized carbons (Fsp3) is 0.333. The zero-order chi connectivity index (χ0) is 22.2. The third-order valence-electron chi connectivity index (χ3n) is 4.54. The number of benzene rings is 1. The van der Waals surface area contributed by atoms with E-state index in [0.29, 0.717) is 30.5 Å². The average Bonchev–Trinajstić information content (AvgIpc) is 2.76. The van der Waals surface area contributed by atoms with Crippen LogP contribution in [0.2, 0.25) is 0 Å². The van der Waals surface area contributed by atoms with Gasteiger partial charge in [-0.1, -0.05) is 12.1 Å². The maximum Gasteiger partial charge on any atom is 0.325 e. The fourth-order valence-electron chi connectivity index (χ4n) is 2.93. The summed E-state index contributed by atoms with van der Waals surface area (Å²) in [6, 6.07) is 9.42. The van der Waals surface area contributed by atoms with E-state index in [4.69, 9.17) is 14.6 Å². The SMILES string of the molecule is CC(NC(=O)CN1CCOCCOc2ccccc2Nc2ncccc2C1=O)C(=O)O. The van der Waals surface area contributed by atoms with Gasteiger partial charge in [0.1, 0.15) is 24.2 Å². The lowest BCUT2D eigenvalue weighted by Crippen LogP contribution is -2.46. The molecule has 3 rings (SSSR count). The molecule has 2 aromatic rings. The Morgan fingerprint density at radius 1 is 1.23 bits per heavy atom. The molecular weight excluding hydrogens is 404 g/mol. The molecule has 1 aliphatic rings. The Hall–Kier alpha value is -3.66. The van der Waals surface area contributed by atoms with E-state index in [1.54, 1.807) is 30.5 Å². The molecular formula is C21H24N4O6. The van der Waals surface area contributed by atoms with Crippen molar-refractivity contribution in [2.75, 3.05) is 38.2 Å². The lowest BCUT2D eigenvalue weighted by atomic mass is 10.2. The van der Waals surface area contributed by atoms with E-state index in [1.807, 2.05) is 12.1 Å². The number of carbonyl (C=O) groups is 3. The molecule has 2 amide bonds. The smallest absolute Gasteiger partial charge is 0.325 e. The molecule has 1 aromatic heterocycles. The van der Waals surface area contributed by atoms with Crippen LogP contribution < -0.4 is 15.4 Å². The number of rotatable bonds is 4. The highest BCUT2D eigenvalue weighted by Gasteiger charge is 2.24. The molecule has 1 aromatic carbocycles. The van der Waals surface area contributed by atoms with Gasteiger partial charge in [-0.3, -0.25) is 14.4 Å². The van der Waals surface area contributed by atoms with Crippen LogP contribution in [0.4, 0.5) is 11.5 Å². The molecule has 3 N–H and O–H groups in total. The van der Waals surface area contributed by atoms with Crippen LogP contribution in [0.5, 0.6) is 5.75 Å². The number of anilines is 2. The molecule has 164 valence electrons. The van der Waals surface area contributed by atoms with Gasteiger partial charge in [-0.25, -0.2) is 4.98 Å². The predicted molar refractivity (Wildman–Crippen MR) is 111 cm³/mol. The standard InChI is InChI=1S/C21H24N4O6/c1-14(21(28)29)23-18(26)13-25-9-10-30-11-12-31-17-7-3-2-6-16(17)24-19-15(20(25)27)5-4-8-22-19/h2-8,14H,9-13H2,1H3,(H,22,24)(H,23,26)(H,28,29). The Morgan fingerprint density at radius 3 is 2.84 bits per heavy atom. The number of pyridine rings is 1. The lowest BCUT2D eigenvalue weighted by Gasteiger charge is -2.23. The highest BCUT2D eigenvalue weighted by Crippen LogP contribution is 2.28. The van der Waals surface area contributed by atoms with Crippen molar-refractivity contribution in [1.29, 1.82) is 0 Å². The van der Waals surface area contributed by atoms with Gasteiger partial charge < -0.3 is 30.1 Å². The summed E-state index contributed by atoms with van der Waals surface area (Å²) in [7, 11) is 0. The maximum atomic E-state index is 13.3. The number of amides is 2. The second kappa shape index (κ2) is 10.4. The number of carbonyl (C=O) groups excluding carboxylic acids is 2. The summed E-state index contributed by atoms with van der Waals surface area (Å²) in [5.74, 6) is -1.28. The van der Waals surface area contributed by atoms with Gasteiger partial charge in [0, 0.05) is 12.7 Å². The summed E-state index contributed by atoms with van der Waals surface area (Å²) in [6.07, 6.45) is 1.55. The minimum absolute atomic E-state index is 0.134. The molecule has 1 unspecified atom stereocenters. The number of ether oxygens (including phenoxy) is 2. The molecule has 0 spiro atoms. The van der Waals surface area contributed by atoms with Crippen molar-refractivity contribution < 1.29 is 29.0 Å². The Labute approximate surface area is 179 Å². The summed E-state index contributed by atoms with van der Waals surface area (Å²) >= 11 is 0. The molecule has 10 heteroatoms. The Kier molecular flexibility index (Phi) is 7.39. The van der Waals surface area contributed by atoms with E-state index in [1.165, 1.54) is 11.8 Å². The first-order chi connectivity index (χ1) is 15.0. The first-order valence-electron chi connectivity index (χ1n) is 9.78. The monoisotopic (exact) mass is 428 g/mol. The minimum atomic E-state index is -1.16. The van der Waals surface area contributed by atoms with E-state index < -0.39 is 23.8 Å². The highest BCUT2D eigenvalue weighted by molar-refractivity contribution is 6.01. The molecule has 0 aliphatic carbocycles. The second-order valence-corrected chi connectivity index (χ2v) is 6.84. The van der Waals surface area contributed by atoms with E-state index in [-0.39, 0.29) is 25.3 Å². The van der Waals surface area contributed by atoms with Gasteiger partial charge in [0.15, 0.2) is 0 Å². The Bertz CT molecular complexity index is 951. The normalized spacial score (nSPS) is 15.5. The molecule has 0 radical (unpaired) electrons. The molecule has 1 aliphatic heterocycles. The van der Waals surface area contributed by atoms with E-state index in [9.17, 15) is 14.4 Å². The third-order valence-corrected chi connectivity index (χ3v) is 4.54. The van der Waals surface area contributed by atoms with Crippen molar-refractivity contribution in [3.05, 3.63) is 48.2 Å². The van der Waals surface area contributed by atoms with E-state index in [2.05, 4.69) is 15.6 Å². The average molecular weight is 428 g/mol. The number of nitrogens with zero attached hydrogens (tertiary/aromatic N) is 2. The lowest BCUT2D eigenvalue weighted by molar-refractivity contribution is -0.141. The topological polar surface area (TPSA) is 130 Å². The molecule has 0 fully saturated rings. The van der Waals surface area contributed by atoms with Crippen LogP contribution in [0, 0.1) is 0 Å². The number of para-hydroxylation sites is 2. The number of hydrogen-bond donors (Lipinski definition) is 3. The third kappa shape index (κ3) is 5.92. The zero-order valence-corrected chi connectivity index (χ0v) is 17.0. The van der Waals surface area contributed by atoms with Crippen LogP contribution in [0.1, 0.15) is 17.3 Å². The number of hydrogen-bond acceptors (Lipinski definition) is 7. The highest BCUT2D eigenvalue weighted by atomic mass is 16.5. The van der Waals surface area contributed by atoms with Crippen molar-refractivity contribution in [2.24, 2.45) is 0 Å². The van der Waals surface area contributed by atoms with Crippen LogP contribution in [0.3, 0.4) is 0 Å². The first-order valence-corrected chi connectivity index (χ1v) is 9.78. The molecule has 0 saturated carbocycles. The second-order valence-electron chi connectivity index (χ2n) is 6.84. The van der Waals surface area contributed by atoms with E-state index in [0.717, 1.165) is 0 Å². The van der Waals surface area contributed by atoms with Gasteiger partial charge >= 0.3 is 5.97 Å². The molecule has 10 nitrogen and oxygen atoms in total. The fourth-order valence-corrected chi connectivity index (χ4v) is 2.93. The summed E-state index contributed by atoms with van der Waals surface area (Å²) in [5.41, 5.74) is 0.893. The number of carboxylic acids is 1. The first kappa shape index (κ1) is 22.0. The van der Waals surface area contributed by atoms with Crippen molar-refractivity contribution in [3.8, 4) is 5.75 Å². The molecule has 31 heavy (non-hydrogen) atoms. The van der Waals surface area contributed by atoms with Crippen LogP contribution in [-0.2, 0) is 14.3 Å². The van der Waals surface area contributed by atoms with Gasteiger partial charge in [-0.2, -0.15) is 0 Å². The summed E-state index contributed by atoms with van der Waals surface area (Å²) in [6.45, 7) is 1.95. The molecule has 0 saturated heterocycles.